The number of hydrogen-bond donors (Lipinski definition) is 1. The molecule has 1 aromatic carbocycles. The molecule has 1 saturated heterocycles. The molecule has 1 N–H and O–H groups in total. The number of benzene rings is 1. The van der Waals surface area contributed by atoms with E-state index in [0.717, 1.165) is 18.5 Å². The zero-order chi connectivity index (χ0) is 13.8. The van der Waals surface area contributed by atoms with E-state index < -0.39 is 0 Å². The van der Waals surface area contributed by atoms with Gasteiger partial charge in [0.15, 0.2) is 5.78 Å². The molecule has 0 spiro atoms. The van der Waals surface area contributed by atoms with Gasteiger partial charge in [-0.2, -0.15) is 0 Å². The Labute approximate surface area is 115 Å². The van der Waals surface area contributed by atoms with Crippen LogP contribution in [-0.4, -0.2) is 18.4 Å². The van der Waals surface area contributed by atoms with Crippen LogP contribution in [0.15, 0.2) is 18.2 Å². The number of fused-ring (bicyclic) bond motifs is 4. The zero-order valence-corrected chi connectivity index (χ0v) is 12.3. The fraction of sp³-hybridized carbons (Fsp3) is 0.588. The van der Waals surface area contributed by atoms with E-state index in [2.05, 4.69) is 38.2 Å². The molecule has 0 saturated carbocycles. The van der Waals surface area contributed by atoms with Crippen molar-refractivity contribution < 1.29 is 4.79 Å². The first-order chi connectivity index (χ1) is 8.86. The third-order valence-electron chi connectivity index (χ3n) is 5.84. The van der Waals surface area contributed by atoms with Gasteiger partial charge in [-0.3, -0.25) is 4.79 Å². The van der Waals surface area contributed by atoms with Crippen LogP contribution in [0, 0.1) is 5.41 Å². The topological polar surface area (TPSA) is 29.1 Å². The molecule has 1 fully saturated rings. The summed E-state index contributed by atoms with van der Waals surface area (Å²) in [6, 6.07) is 6.84. The van der Waals surface area contributed by atoms with Gasteiger partial charge in [-0.1, -0.05) is 32.9 Å². The lowest BCUT2D eigenvalue weighted by atomic mass is 9.51. The summed E-state index contributed by atoms with van der Waals surface area (Å²) in [5.41, 5.74) is 4.15. The first-order valence-electron chi connectivity index (χ1n) is 7.24. The van der Waals surface area contributed by atoms with Gasteiger partial charge in [-0.25, -0.2) is 0 Å². The third kappa shape index (κ3) is 1.62. The van der Waals surface area contributed by atoms with E-state index >= 15 is 0 Å². The van der Waals surface area contributed by atoms with Crippen LogP contribution in [0.2, 0.25) is 0 Å². The van der Waals surface area contributed by atoms with Gasteiger partial charge in [-0.15, -0.1) is 0 Å². The maximum Gasteiger partial charge on any atom is 0.159 e. The Balaban J connectivity index is 2.17. The van der Waals surface area contributed by atoms with Gasteiger partial charge in [0.1, 0.15) is 0 Å². The van der Waals surface area contributed by atoms with E-state index in [0.29, 0.717) is 6.04 Å². The highest BCUT2D eigenvalue weighted by atomic mass is 16.1. The molecule has 1 aromatic rings. The maximum atomic E-state index is 11.6. The van der Waals surface area contributed by atoms with Crippen LogP contribution >= 0.6 is 0 Å². The average molecular weight is 257 g/mol. The number of ketones is 1. The first-order valence-corrected chi connectivity index (χ1v) is 7.24. The molecule has 2 nitrogen and oxygen atoms in total. The SMILES string of the molecule is CC(=O)c1ccc2c(c1)C[C@@H]1NCC[C@]2(C)C1(C)C. The largest absolute Gasteiger partial charge is 0.313 e. The molecule has 1 aliphatic heterocycles. The minimum absolute atomic E-state index is 0.163. The summed E-state index contributed by atoms with van der Waals surface area (Å²) < 4.78 is 0. The monoisotopic (exact) mass is 257 g/mol. The Morgan fingerprint density at radius 1 is 1.32 bits per heavy atom. The van der Waals surface area contributed by atoms with Crippen LogP contribution in [0.25, 0.3) is 0 Å². The van der Waals surface area contributed by atoms with Gasteiger partial charge >= 0.3 is 0 Å². The molecule has 0 radical (unpaired) electrons. The Bertz CT molecular complexity index is 546. The quantitative estimate of drug-likeness (QED) is 0.783. The third-order valence-corrected chi connectivity index (χ3v) is 5.84. The maximum absolute atomic E-state index is 11.6. The molecule has 2 bridgehead atoms. The van der Waals surface area contributed by atoms with Crippen molar-refractivity contribution in [3.05, 3.63) is 34.9 Å². The normalized spacial score (nSPS) is 31.7. The number of carbonyl (C=O) groups excluding carboxylic acids is 1. The highest BCUT2D eigenvalue weighted by Gasteiger charge is 2.53. The number of piperidine rings is 1. The Morgan fingerprint density at radius 2 is 2.05 bits per heavy atom. The van der Waals surface area contributed by atoms with Gasteiger partial charge in [0, 0.05) is 17.0 Å². The number of carbonyl (C=O) groups is 1. The summed E-state index contributed by atoms with van der Waals surface area (Å²) in [7, 11) is 0. The second-order valence-electron chi connectivity index (χ2n) is 6.94. The summed E-state index contributed by atoms with van der Waals surface area (Å²) in [5.74, 6) is 0.163. The van der Waals surface area contributed by atoms with Gasteiger partial charge in [0.2, 0.25) is 0 Å². The van der Waals surface area contributed by atoms with Crippen molar-refractivity contribution in [1.29, 1.82) is 0 Å². The van der Waals surface area contributed by atoms with E-state index in [9.17, 15) is 4.79 Å². The van der Waals surface area contributed by atoms with Crippen molar-refractivity contribution in [2.45, 2.75) is 52.0 Å². The van der Waals surface area contributed by atoms with Crippen molar-refractivity contribution >= 4 is 5.78 Å². The smallest absolute Gasteiger partial charge is 0.159 e. The zero-order valence-electron chi connectivity index (χ0n) is 12.3. The van der Waals surface area contributed by atoms with Gasteiger partial charge in [-0.05, 0) is 48.9 Å². The summed E-state index contributed by atoms with van der Waals surface area (Å²) in [6.45, 7) is 9.90. The molecule has 19 heavy (non-hydrogen) atoms. The minimum atomic E-state index is 0.163. The standard InChI is InChI=1S/C17H23NO/c1-11(19)12-5-6-14-13(9-12)10-15-16(2,3)17(14,4)7-8-18-15/h5-6,9,15,18H,7-8,10H2,1-4H3/t15-,17-/m0/s1. The number of hydrogen-bond acceptors (Lipinski definition) is 2. The predicted molar refractivity (Wildman–Crippen MR) is 77.7 cm³/mol. The van der Waals surface area contributed by atoms with E-state index in [1.165, 1.54) is 17.5 Å². The van der Waals surface area contributed by atoms with E-state index in [4.69, 9.17) is 0 Å². The Morgan fingerprint density at radius 3 is 2.74 bits per heavy atom. The van der Waals surface area contributed by atoms with Gasteiger partial charge in [0.05, 0.1) is 0 Å². The summed E-state index contributed by atoms with van der Waals surface area (Å²) in [6.07, 6.45) is 2.21. The van der Waals surface area contributed by atoms with Crippen LogP contribution in [0.1, 0.15) is 55.6 Å². The molecule has 2 atom stereocenters. The molecular weight excluding hydrogens is 234 g/mol. The van der Waals surface area contributed by atoms with E-state index in [1.54, 1.807) is 6.92 Å². The number of Topliss-reactive ketones (excluding diaryl/α,β-unsaturated/α-hetero) is 1. The molecule has 2 aliphatic rings. The molecule has 0 aromatic heterocycles. The van der Waals surface area contributed by atoms with Gasteiger partial charge < -0.3 is 5.32 Å². The van der Waals surface area contributed by atoms with Crippen molar-refractivity contribution in [1.82, 2.24) is 5.32 Å². The van der Waals surface area contributed by atoms with Crippen LogP contribution in [-0.2, 0) is 11.8 Å². The molecule has 1 heterocycles. The Kier molecular flexibility index (Phi) is 2.66. The molecule has 2 heteroatoms. The minimum Gasteiger partial charge on any atom is -0.313 e. The second-order valence-corrected chi connectivity index (χ2v) is 6.94. The molecule has 0 amide bonds. The second kappa shape index (κ2) is 3.92. The van der Waals surface area contributed by atoms with Crippen LogP contribution < -0.4 is 5.32 Å². The fourth-order valence-corrected chi connectivity index (χ4v) is 4.01. The van der Waals surface area contributed by atoms with Crippen LogP contribution in [0.4, 0.5) is 0 Å². The molecule has 3 rings (SSSR count). The summed E-state index contributed by atoms with van der Waals surface area (Å²) in [5, 5.41) is 3.67. The first kappa shape index (κ1) is 12.9. The van der Waals surface area contributed by atoms with Crippen molar-refractivity contribution in [3.63, 3.8) is 0 Å². The van der Waals surface area contributed by atoms with Crippen LogP contribution in [0.3, 0.4) is 0 Å². The highest BCUT2D eigenvalue weighted by molar-refractivity contribution is 5.94. The Hall–Kier alpha value is -1.15. The predicted octanol–water partition coefficient (Wildman–Crippen LogP) is 3.09. The lowest BCUT2D eigenvalue weighted by Crippen LogP contribution is -2.62. The number of nitrogens with one attached hydrogen (secondary N) is 1. The molecule has 0 unspecified atom stereocenters. The summed E-state index contributed by atoms with van der Waals surface area (Å²) in [4.78, 5) is 11.6. The molecule has 1 aliphatic carbocycles. The van der Waals surface area contributed by atoms with Crippen molar-refractivity contribution in [2.75, 3.05) is 6.54 Å². The fourth-order valence-electron chi connectivity index (χ4n) is 4.01. The average Bonchev–Trinajstić information content (AvgIpc) is 2.32. The lowest BCUT2D eigenvalue weighted by Gasteiger charge is -2.57. The van der Waals surface area contributed by atoms with Crippen molar-refractivity contribution in [2.24, 2.45) is 5.41 Å². The van der Waals surface area contributed by atoms with Crippen molar-refractivity contribution in [3.8, 4) is 0 Å². The van der Waals surface area contributed by atoms with Crippen LogP contribution in [0.5, 0.6) is 0 Å². The van der Waals surface area contributed by atoms with Gasteiger partial charge in [0.25, 0.3) is 0 Å². The van der Waals surface area contributed by atoms with E-state index in [-0.39, 0.29) is 16.6 Å². The highest BCUT2D eigenvalue weighted by Crippen LogP contribution is 2.53. The van der Waals surface area contributed by atoms with E-state index in [1.807, 2.05) is 6.07 Å². The lowest BCUT2D eigenvalue weighted by molar-refractivity contribution is 0.0559. The molecular formula is C17H23NO. The molecule has 102 valence electrons. The summed E-state index contributed by atoms with van der Waals surface area (Å²) >= 11 is 0. The number of rotatable bonds is 1.